The lowest BCUT2D eigenvalue weighted by atomic mass is 9.99. The number of esters is 1. The fraction of sp³-hybridized carbons (Fsp3) is 0.238. The van der Waals surface area contributed by atoms with Crippen molar-refractivity contribution in [2.45, 2.75) is 20.8 Å². The second-order valence-electron chi connectivity index (χ2n) is 6.69. The van der Waals surface area contributed by atoms with Crippen LogP contribution in [-0.4, -0.2) is 12.8 Å². The molecule has 0 bridgehead atoms. The summed E-state index contributed by atoms with van der Waals surface area (Å²) in [5.41, 5.74) is 1.85. The molecule has 0 aliphatic carbocycles. The summed E-state index contributed by atoms with van der Waals surface area (Å²) in [6.07, 6.45) is 0. The van der Waals surface area contributed by atoms with Crippen molar-refractivity contribution in [1.82, 2.24) is 0 Å². The van der Waals surface area contributed by atoms with Gasteiger partial charge in [-0.2, -0.15) is 0 Å². The van der Waals surface area contributed by atoms with Gasteiger partial charge < -0.3 is 18.6 Å². The number of carbonyl (C=O) groups is 1. The van der Waals surface area contributed by atoms with E-state index in [1.54, 1.807) is 50.2 Å². The summed E-state index contributed by atoms with van der Waals surface area (Å²) in [4.78, 5) is 24.4. The van der Waals surface area contributed by atoms with Crippen molar-refractivity contribution in [3.8, 4) is 28.4 Å². The van der Waals surface area contributed by atoms with E-state index < -0.39 is 5.63 Å². The number of carbonyl (C=O) groups excluding carboxylic acids is 1. The first-order valence-corrected chi connectivity index (χ1v) is 8.63. The van der Waals surface area contributed by atoms with E-state index in [2.05, 4.69) is 0 Å². The van der Waals surface area contributed by atoms with Crippen molar-refractivity contribution in [1.29, 1.82) is 0 Å². The van der Waals surface area contributed by atoms with Crippen molar-refractivity contribution >= 4 is 16.9 Å². The van der Waals surface area contributed by atoms with E-state index >= 15 is 0 Å². The third-order valence-corrected chi connectivity index (χ3v) is 4.49. The summed E-state index contributed by atoms with van der Waals surface area (Å²) in [6.45, 7) is 5.54. The zero-order chi connectivity index (χ0) is 19.1. The van der Waals surface area contributed by atoms with Gasteiger partial charge in [0.15, 0.2) is 11.5 Å². The Morgan fingerprint density at radius 3 is 2.63 bits per heavy atom. The van der Waals surface area contributed by atoms with Gasteiger partial charge in [-0.15, -0.1) is 0 Å². The number of aryl methyl sites for hydroxylation is 1. The van der Waals surface area contributed by atoms with E-state index in [-0.39, 0.29) is 18.7 Å². The van der Waals surface area contributed by atoms with E-state index in [0.29, 0.717) is 34.0 Å². The van der Waals surface area contributed by atoms with E-state index in [9.17, 15) is 9.59 Å². The predicted molar refractivity (Wildman–Crippen MR) is 99.3 cm³/mol. The molecule has 0 atom stereocenters. The molecule has 0 N–H and O–H groups in total. The summed E-state index contributed by atoms with van der Waals surface area (Å²) >= 11 is 0. The average molecular weight is 366 g/mol. The van der Waals surface area contributed by atoms with Crippen LogP contribution in [0.3, 0.4) is 0 Å². The minimum Gasteiger partial charge on any atom is -0.454 e. The summed E-state index contributed by atoms with van der Waals surface area (Å²) < 4.78 is 21.5. The molecule has 0 amide bonds. The van der Waals surface area contributed by atoms with Gasteiger partial charge in [0, 0.05) is 11.5 Å². The van der Waals surface area contributed by atoms with Crippen LogP contribution < -0.4 is 19.8 Å². The molecule has 0 fully saturated rings. The minimum atomic E-state index is -0.466. The normalized spacial score (nSPS) is 12.6. The van der Waals surface area contributed by atoms with E-state index in [4.69, 9.17) is 18.6 Å². The van der Waals surface area contributed by atoms with Crippen LogP contribution in [0.4, 0.5) is 0 Å². The molecule has 1 aliphatic rings. The predicted octanol–water partition coefficient (Wildman–Crippen LogP) is 4.06. The monoisotopic (exact) mass is 366 g/mol. The zero-order valence-electron chi connectivity index (χ0n) is 15.2. The van der Waals surface area contributed by atoms with E-state index in [1.165, 1.54) is 0 Å². The number of rotatable bonds is 3. The van der Waals surface area contributed by atoms with E-state index in [1.807, 2.05) is 6.92 Å². The first kappa shape index (κ1) is 17.1. The van der Waals surface area contributed by atoms with Crippen molar-refractivity contribution in [2.75, 3.05) is 6.79 Å². The summed E-state index contributed by atoms with van der Waals surface area (Å²) in [6, 6.07) is 10.4. The first-order valence-electron chi connectivity index (χ1n) is 8.63. The van der Waals surface area contributed by atoms with Gasteiger partial charge in [0.25, 0.3) is 0 Å². The fourth-order valence-corrected chi connectivity index (χ4v) is 3.02. The molecule has 0 radical (unpaired) electrons. The van der Waals surface area contributed by atoms with Crippen LogP contribution in [0.5, 0.6) is 17.2 Å². The van der Waals surface area contributed by atoms with Crippen LogP contribution in [0.1, 0.15) is 19.4 Å². The molecule has 1 aromatic heterocycles. The van der Waals surface area contributed by atoms with Gasteiger partial charge in [0.05, 0.1) is 11.5 Å². The van der Waals surface area contributed by atoms with Gasteiger partial charge in [0.2, 0.25) is 6.79 Å². The largest absolute Gasteiger partial charge is 0.454 e. The lowest BCUT2D eigenvalue weighted by Gasteiger charge is -2.11. The van der Waals surface area contributed by atoms with Crippen molar-refractivity contribution in [3.05, 3.63) is 52.4 Å². The van der Waals surface area contributed by atoms with Crippen LogP contribution in [0.25, 0.3) is 22.1 Å². The van der Waals surface area contributed by atoms with Crippen LogP contribution in [0.15, 0.2) is 45.6 Å². The number of ether oxygens (including phenoxy) is 3. The Kier molecular flexibility index (Phi) is 4.11. The molecule has 1 aliphatic heterocycles. The summed E-state index contributed by atoms with van der Waals surface area (Å²) in [5, 5.41) is 0.770. The molecule has 3 aromatic rings. The Labute approximate surface area is 155 Å². The lowest BCUT2D eigenvalue weighted by Crippen LogP contribution is -2.14. The molecule has 0 spiro atoms. The quantitative estimate of drug-likeness (QED) is 0.395. The van der Waals surface area contributed by atoms with Crippen molar-refractivity contribution in [2.24, 2.45) is 5.92 Å². The Morgan fingerprint density at radius 2 is 1.85 bits per heavy atom. The molecule has 0 saturated carbocycles. The van der Waals surface area contributed by atoms with Gasteiger partial charge >= 0.3 is 11.6 Å². The molecule has 27 heavy (non-hydrogen) atoms. The molecule has 138 valence electrons. The third-order valence-electron chi connectivity index (χ3n) is 4.49. The third kappa shape index (κ3) is 3.03. The van der Waals surface area contributed by atoms with Gasteiger partial charge in [0.1, 0.15) is 11.3 Å². The topological polar surface area (TPSA) is 75.0 Å². The molecule has 4 rings (SSSR count). The molecule has 6 nitrogen and oxygen atoms in total. The number of hydrogen-bond donors (Lipinski definition) is 0. The molecular formula is C21H18O6. The van der Waals surface area contributed by atoms with Gasteiger partial charge in [-0.25, -0.2) is 4.79 Å². The first-order chi connectivity index (χ1) is 12.9. The maximum absolute atomic E-state index is 12.6. The second-order valence-corrected chi connectivity index (χ2v) is 6.69. The van der Waals surface area contributed by atoms with Gasteiger partial charge in [-0.05, 0) is 42.3 Å². The van der Waals surface area contributed by atoms with E-state index in [0.717, 1.165) is 10.9 Å². The van der Waals surface area contributed by atoms with Gasteiger partial charge in [-0.3, -0.25) is 4.79 Å². The standard InChI is InChI=1S/C21H18O6/c1-11(2)20(22)26-14-5-6-15-12(3)19(21(23)27-17(15)9-14)13-4-7-16-18(8-13)25-10-24-16/h4-9,11H,10H2,1-3H3. The summed E-state index contributed by atoms with van der Waals surface area (Å²) in [5.74, 6) is 1.01. The highest BCUT2D eigenvalue weighted by molar-refractivity contribution is 5.88. The van der Waals surface area contributed by atoms with Crippen LogP contribution in [0.2, 0.25) is 0 Å². The molecule has 2 heterocycles. The SMILES string of the molecule is Cc1c(-c2ccc3c(c2)OCO3)c(=O)oc2cc(OC(=O)C(C)C)ccc12. The van der Waals surface area contributed by atoms with Crippen LogP contribution in [-0.2, 0) is 4.79 Å². The van der Waals surface area contributed by atoms with Gasteiger partial charge in [-0.1, -0.05) is 19.9 Å². The smallest absolute Gasteiger partial charge is 0.344 e. The Balaban J connectivity index is 1.80. The molecule has 0 unspecified atom stereocenters. The Morgan fingerprint density at radius 1 is 1.07 bits per heavy atom. The molecule has 2 aromatic carbocycles. The number of fused-ring (bicyclic) bond motifs is 2. The summed E-state index contributed by atoms with van der Waals surface area (Å²) in [7, 11) is 0. The van der Waals surface area contributed by atoms with Crippen LogP contribution >= 0.6 is 0 Å². The van der Waals surface area contributed by atoms with Crippen molar-refractivity contribution < 1.29 is 23.4 Å². The number of benzene rings is 2. The highest BCUT2D eigenvalue weighted by Gasteiger charge is 2.19. The van der Waals surface area contributed by atoms with Crippen LogP contribution in [0, 0.1) is 12.8 Å². The Bertz CT molecular complexity index is 1110. The second kappa shape index (κ2) is 6.46. The molecular weight excluding hydrogens is 348 g/mol. The lowest BCUT2D eigenvalue weighted by molar-refractivity contribution is -0.137. The molecule has 6 heteroatoms. The fourth-order valence-electron chi connectivity index (χ4n) is 3.02. The highest BCUT2D eigenvalue weighted by Crippen LogP contribution is 2.37. The highest BCUT2D eigenvalue weighted by atomic mass is 16.7. The molecule has 0 saturated heterocycles. The average Bonchev–Trinajstić information content (AvgIpc) is 3.09. The minimum absolute atomic E-state index is 0.169. The maximum atomic E-state index is 12.6. The van der Waals surface area contributed by atoms with Crippen molar-refractivity contribution in [3.63, 3.8) is 0 Å². The maximum Gasteiger partial charge on any atom is 0.344 e. The number of hydrogen-bond acceptors (Lipinski definition) is 6. The Hall–Kier alpha value is -3.28. The zero-order valence-corrected chi connectivity index (χ0v) is 15.2.